The smallest absolute Gasteiger partial charge is 0.0948 e. The number of anilines is 1. The first-order valence-electron chi connectivity index (χ1n) is 8.33. The minimum absolute atomic E-state index is 0.158. The van der Waals surface area contributed by atoms with Gasteiger partial charge in [0.05, 0.1) is 23.1 Å². The number of nitrogens with one attached hydrogen (secondary N) is 1. The molecule has 3 heteroatoms. The van der Waals surface area contributed by atoms with Crippen LogP contribution in [0.2, 0.25) is 0 Å². The van der Waals surface area contributed by atoms with Gasteiger partial charge in [0.1, 0.15) is 0 Å². The number of para-hydroxylation sites is 1. The van der Waals surface area contributed by atoms with Gasteiger partial charge in [-0.3, -0.25) is 4.99 Å². The predicted molar refractivity (Wildman–Crippen MR) is 96.5 cm³/mol. The summed E-state index contributed by atoms with van der Waals surface area (Å²) in [5, 5.41) is 3.64. The topological polar surface area (TPSA) is 27.6 Å². The molecule has 0 bridgehead atoms. The van der Waals surface area contributed by atoms with Gasteiger partial charge in [-0.25, -0.2) is 0 Å². The number of fused-ring (bicyclic) bond motifs is 7. The van der Waals surface area contributed by atoms with E-state index in [-0.39, 0.29) is 6.04 Å². The summed E-state index contributed by atoms with van der Waals surface area (Å²) in [7, 11) is 0. The molecule has 2 atom stereocenters. The highest BCUT2D eigenvalue weighted by molar-refractivity contribution is 6.18. The highest BCUT2D eigenvalue weighted by atomic mass is 15.2. The van der Waals surface area contributed by atoms with Gasteiger partial charge in [-0.05, 0) is 23.3 Å². The fraction of sp³-hybridized carbons (Fsp3) is 0.0952. The van der Waals surface area contributed by atoms with Crippen LogP contribution in [-0.2, 0) is 0 Å². The Bertz CT molecular complexity index is 998. The Morgan fingerprint density at radius 2 is 1.96 bits per heavy atom. The molecule has 3 nitrogen and oxygen atoms in total. The van der Waals surface area contributed by atoms with E-state index in [9.17, 15) is 0 Å². The van der Waals surface area contributed by atoms with Gasteiger partial charge in [0.2, 0.25) is 0 Å². The Labute approximate surface area is 140 Å². The second-order valence-electron chi connectivity index (χ2n) is 6.55. The second kappa shape index (κ2) is 4.26. The van der Waals surface area contributed by atoms with Crippen molar-refractivity contribution in [2.75, 3.05) is 5.32 Å². The first kappa shape index (κ1) is 12.4. The van der Waals surface area contributed by atoms with Crippen molar-refractivity contribution in [1.82, 2.24) is 4.90 Å². The van der Waals surface area contributed by atoms with Crippen LogP contribution in [-0.4, -0.2) is 16.7 Å². The van der Waals surface area contributed by atoms with Gasteiger partial charge in [-0.2, -0.15) is 0 Å². The van der Waals surface area contributed by atoms with Gasteiger partial charge in [-0.15, -0.1) is 0 Å². The third-order valence-electron chi connectivity index (χ3n) is 5.29. The Morgan fingerprint density at radius 3 is 2.96 bits per heavy atom. The van der Waals surface area contributed by atoms with Gasteiger partial charge < -0.3 is 10.2 Å². The molecule has 1 aromatic carbocycles. The van der Waals surface area contributed by atoms with Crippen LogP contribution in [0.1, 0.15) is 11.5 Å². The molecule has 0 saturated heterocycles. The minimum Gasteiger partial charge on any atom is -0.356 e. The number of allylic oxidation sites excluding steroid dienone is 5. The van der Waals surface area contributed by atoms with E-state index in [2.05, 4.69) is 83.3 Å². The Morgan fingerprint density at radius 1 is 1.00 bits per heavy atom. The van der Waals surface area contributed by atoms with Gasteiger partial charge >= 0.3 is 0 Å². The molecule has 114 valence electrons. The highest BCUT2D eigenvalue weighted by Crippen LogP contribution is 2.46. The van der Waals surface area contributed by atoms with Gasteiger partial charge in [-0.1, -0.05) is 48.6 Å². The fourth-order valence-electron chi connectivity index (χ4n) is 4.19. The van der Waals surface area contributed by atoms with Gasteiger partial charge in [0.25, 0.3) is 0 Å². The fourth-order valence-corrected chi connectivity index (χ4v) is 4.19. The monoisotopic (exact) mass is 309 g/mol. The molecular formula is C21H15N3. The molecule has 5 aliphatic rings. The van der Waals surface area contributed by atoms with E-state index in [4.69, 9.17) is 4.99 Å². The molecule has 4 aliphatic heterocycles. The lowest BCUT2D eigenvalue weighted by molar-refractivity contribution is 0.621. The Kier molecular flexibility index (Phi) is 2.20. The summed E-state index contributed by atoms with van der Waals surface area (Å²) in [6.45, 7) is 0. The number of aliphatic imine (C=N–C) groups is 1. The average Bonchev–Trinajstić information content (AvgIpc) is 3.19. The van der Waals surface area contributed by atoms with Crippen molar-refractivity contribution in [3.63, 3.8) is 0 Å². The van der Waals surface area contributed by atoms with Crippen LogP contribution in [0.25, 0.3) is 0 Å². The molecule has 1 N–H and O–H groups in total. The van der Waals surface area contributed by atoms with E-state index in [1.54, 1.807) is 0 Å². The van der Waals surface area contributed by atoms with Crippen molar-refractivity contribution in [3.8, 4) is 0 Å². The minimum atomic E-state index is 0.158. The molecule has 0 amide bonds. The summed E-state index contributed by atoms with van der Waals surface area (Å²) in [6, 6.07) is 8.71. The van der Waals surface area contributed by atoms with Crippen LogP contribution in [0, 0.1) is 0 Å². The second-order valence-corrected chi connectivity index (χ2v) is 6.55. The lowest BCUT2D eigenvalue weighted by atomic mass is 9.89. The lowest BCUT2D eigenvalue weighted by Crippen LogP contribution is -2.28. The van der Waals surface area contributed by atoms with E-state index in [1.165, 1.54) is 33.8 Å². The van der Waals surface area contributed by atoms with Crippen LogP contribution in [0.15, 0.2) is 101 Å². The summed E-state index contributed by atoms with van der Waals surface area (Å²) in [5.41, 5.74) is 8.65. The highest BCUT2D eigenvalue weighted by Gasteiger charge is 2.38. The SMILES string of the molecule is C1=CC2=C3C=CN4C=CC5C(=C4C3=NC2C=C1)Nc1ccccc15. The van der Waals surface area contributed by atoms with Crippen molar-refractivity contribution >= 4 is 11.4 Å². The normalized spacial score (nSPS) is 27.5. The molecule has 1 aliphatic carbocycles. The van der Waals surface area contributed by atoms with Crippen molar-refractivity contribution in [1.29, 1.82) is 0 Å². The van der Waals surface area contributed by atoms with Gasteiger partial charge in [0, 0.05) is 29.6 Å². The van der Waals surface area contributed by atoms with Crippen molar-refractivity contribution < 1.29 is 0 Å². The maximum Gasteiger partial charge on any atom is 0.0948 e. The van der Waals surface area contributed by atoms with E-state index in [0.29, 0.717) is 5.92 Å². The first-order valence-corrected chi connectivity index (χ1v) is 8.33. The van der Waals surface area contributed by atoms with Crippen LogP contribution in [0.4, 0.5) is 5.69 Å². The number of rotatable bonds is 0. The molecule has 0 fully saturated rings. The van der Waals surface area contributed by atoms with E-state index < -0.39 is 0 Å². The number of nitrogens with zero attached hydrogens (tertiary/aromatic N) is 2. The summed E-state index contributed by atoms with van der Waals surface area (Å²) in [6.07, 6.45) is 17.3. The van der Waals surface area contributed by atoms with Crippen molar-refractivity contribution in [2.45, 2.75) is 12.0 Å². The Balaban J connectivity index is 1.58. The van der Waals surface area contributed by atoms with Crippen LogP contribution < -0.4 is 5.32 Å². The number of hydrogen-bond acceptors (Lipinski definition) is 3. The zero-order chi connectivity index (χ0) is 15.7. The summed E-state index contributed by atoms with van der Waals surface area (Å²) in [5.74, 6) is 0.293. The maximum absolute atomic E-state index is 5.02. The van der Waals surface area contributed by atoms with Crippen LogP contribution >= 0.6 is 0 Å². The standard InChI is InChI=1S/C21H15N3/c1-3-7-17-13(5-1)15-9-11-24-12-10-16-14-6-2-4-8-18(14)23-20(16)21(24)19(15)22-17/h1-12,15,18,22H. The van der Waals surface area contributed by atoms with Crippen LogP contribution in [0.5, 0.6) is 0 Å². The molecule has 1 aromatic rings. The third-order valence-corrected chi connectivity index (χ3v) is 5.29. The van der Waals surface area contributed by atoms with Crippen LogP contribution in [0.3, 0.4) is 0 Å². The maximum atomic E-state index is 5.02. The first-order chi connectivity index (χ1) is 11.9. The molecule has 2 unspecified atom stereocenters. The third kappa shape index (κ3) is 1.44. The zero-order valence-electron chi connectivity index (χ0n) is 13.0. The number of hydrogen-bond donors (Lipinski definition) is 1. The summed E-state index contributed by atoms with van der Waals surface area (Å²) >= 11 is 0. The van der Waals surface area contributed by atoms with Crippen molar-refractivity contribution in [3.05, 3.63) is 101 Å². The molecule has 0 spiro atoms. The molecular weight excluding hydrogens is 294 g/mol. The average molecular weight is 309 g/mol. The zero-order valence-corrected chi connectivity index (χ0v) is 13.0. The van der Waals surface area contributed by atoms with E-state index in [1.807, 2.05) is 0 Å². The lowest BCUT2D eigenvalue weighted by Gasteiger charge is -2.31. The molecule has 0 aromatic heterocycles. The summed E-state index contributed by atoms with van der Waals surface area (Å²) < 4.78 is 0. The molecule has 24 heavy (non-hydrogen) atoms. The molecule has 4 heterocycles. The molecule has 0 radical (unpaired) electrons. The largest absolute Gasteiger partial charge is 0.356 e. The summed E-state index contributed by atoms with van der Waals surface area (Å²) in [4.78, 5) is 7.21. The van der Waals surface area contributed by atoms with E-state index in [0.717, 1.165) is 5.71 Å². The van der Waals surface area contributed by atoms with Crippen molar-refractivity contribution in [2.24, 2.45) is 4.99 Å². The Hall–Kier alpha value is -3.07. The molecule has 6 rings (SSSR count). The number of benzene rings is 1. The quantitative estimate of drug-likeness (QED) is 0.784. The predicted octanol–water partition coefficient (Wildman–Crippen LogP) is 4.01. The molecule has 0 saturated carbocycles. The van der Waals surface area contributed by atoms with E-state index >= 15 is 0 Å². The van der Waals surface area contributed by atoms with Gasteiger partial charge in [0.15, 0.2) is 0 Å².